The first-order valence-corrected chi connectivity index (χ1v) is 11.7. The van der Waals surface area contributed by atoms with Gasteiger partial charge >= 0.3 is 0 Å². The van der Waals surface area contributed by atoms with Crippen LogP contribution in [-0.2, 0) is 6.54 Å². The van der Waals surface area contributed by atoms with Gasteiger partial charge in [0.2, 0.25) is 5.91 Å². The molecule has 6 heteroatoms. The van der Waals surface area contributed by atoms with Crippen molar-refractivity contribution < 1.29 is 9.53 Å². The number of aromatic nitrogens is 1. The monoisotopic (exact) mass is 487 g/mol. The number of amides is 1. The van der Waals surface area contributed by atoms with E-state index in [1.807, 2.05) is 61.5 Å². The normalized spacial score (nSPS) is 11.3. The van der Waals surface area contributed by atoms with Gasteiger partial charge in [0.15, 0.2) is 0 Å². The van der Waals surface area contributed by atoms with Gasteiger partial charge in [-0.25, -0.2) is 0 Å². The van der Waals surface area contributed by atoms with Crippen LogP contribution in [-0.4, -0.2) is 17.1 Å². The highest BCUT2D eigenvalue weighted by molar-refractivity contribution is 6.36. The van der Waals surface area contributed by atoms with Crippen LogP contribution in [0, 0.1) is 6.07 Å². The summed E-state index contributed by atoms with van der Waals surface area (Å²) in [5.41, 5.74) is 10.9. The zero-order valence-corrected chi connectivity index (χ0v) is 20.0. The second-order valence-electron chi connectivity index (χ2n) is 8.00. The van der Waals surface area contributed by atoms with Crippen LogP contribution >= 0.6 is 23.2 Å². The molecule has 0 aliphatic carbocycles. The molecule has 0 unspecified atom stereocenters. The third-order valence-corrected chi connectivity index (χ3v) is 6.42. The predicted molar refractivity (Wildman–Crippen MR) is 139 cm³/mol. The minimum atomic E-state index is -0.469. The van der Waals surface area contributed by atoms with Crippen molar-refractivity contribution in [1.82, 2.24) is 4.57 Å². The van der Waals surface area contributed by atoms with Gasteiger partial charge in [0.05, 0.1) is 17.6 Å². The second kappa shape index (κ2) is 9.05. The molecule has 4 aromatic carbocycles. The molecule has 5 rings (SSSR count). The van der Waals surface area contributed by atoms with Gasteiger partial charge in [-0.3, -0.25) is 4.79 Å². The summed E-state index contributed by atoms with van der Waals surface area (Å²) in [7, 11) is 0. The van der Waals surface area contributed by atoms with Gasteiger partial charge < -0.3 is 15.0 Å². The Kier molecular flexibility index (Phi) is 5.94. The molecule has 169 valence electrons. The van der Waals surface area contributed by atoms with E-state index in [2.05, 4.69) is 16.7 Å². The zero-order valence-electron chi connectivity index (χ0n) is 18.4. The van der Waals surface area contributed by atoms with E-state index in [-0.39, 0.29) is 0 Å². The molecule has 0 atom stereocenters. The average Bonchev–Trinajstić information content (AvgIpc) is 3.13. The maximum absolute atomic E-state index is 12.2. The smallest absolute Gasteiger partial charge is 0.249 e. The summed E-state index contributed by atoms with van der Waals surface area (Å²) in [5, 5.41) is 2.77. The van der Waals surface area contributed by atoms with Crippen LogP contribution in [0.2, 0.25) is 10.0 Å². The van der Waals surface area contributed by atoms with Crippen LogP contribution in [0.5, 0.6) is 5.75 Å². The fraction of sp³-hybridized carbons (Fsp3) is 0.107. The van der Waals surface area contributed by atoms with E-state index in [0.29, 0.717) is 28.8 Å². The number of nitrogens with two attached hydrogens (primary N) is 1. The molecule has 2 N–H and O–H groups in total. The number of ether oxygens (including phenoxy) is 1. The number of benzene rings is 4. The second-order valence-corrected chi connectivity index (χ2v) is 8.84. The standard InChI is InChI=1S/C28H21Cl2N2O2/c1-2-34-20-10-6-17(7-11-20)16-32-25-5-3-4-23(28(31)33)27(25)22-12-8-18(14-26(22)32)21-13-9-19(29)15-24(21)30/h3-11,13-15H,2,16H2,1H3,(H2,31,33). The zero-order chi connectivity index (χ0) is 23.8. The van der Waals surface area contributed by atoms with Gasteiger partial charge in [-0.2, -0.15) is 0 Å². The molecule has 4 nitrogen and oxygen atoms in total. The first-order valence-electron chi connectivity index (χ1n) is 10.9. The Balaban J connectivity index is 1.73. The molecule has 0 saturated heterocycles. The Morgan fingerprint density at radius 3 is 2.53 bits per heavy atom. The summed E-state index contributed by atoms with van der Waals surface area (Å²) in [6, 6.07) is 26.4. The third kappa shape index (κ3) is 4.00. The van der Waals surface area contributed by atoms with Crippen molar-refractivity contribution in [1.29, 1.82) is 0 Å². The van der Waals surface area contributed by atoms with Crippen molar-refractivity contribution in [3.05, 3.63) is 100 Å². The molecule has 0 fully saturated rings. The molecule has 1 radical (unpaired) electrons. The highest BCUT2D eigenvalue weighted by Gasteiger charge is 2.18. The Morgan fingerprint density at radius 2 is 1.82 bits per heavy atom. The van der Waals surface area contributed by atoms with Crippen molar-refractivity contribution in [2.24, 2.45) is 5.73 Å². The first-order chi connectivity index (χ1) is 16.5. The molecule has 0 bridgehead atoms. The Bertz CT molecular complexity index is 1540. The van der Waals surface area contributed by atoms with Gasteiger partial charge in [-0.1, -0.05) is 47.5 Å². The molecule has 34 heavy (non-hydrogen) atoms. The summed E-state index contributed by atoms with van der Waals surface area (Å²) in [4.78, 5) is 12.2. The summed E-state index contributed by atoms with van der Waals surface area (Å²) in [6.45, 7) is 3.18. The molecule has 0 aliphatic heterocycles. The van der Waals surface area contributed by atoms with E-state index < -0.39 is 5.91 Å². The third-order valence-electron chi connectivity index (χ3n) is 5.88. The maximum atomic E-state index is 12.2. The van der Waals surface area contributed by atoms with Gasteiger partial charge in [-0.05, 0) is 72.6 Å². The highest BCUT2D eigenvalue weighted by Crippen LogP contribution is 2.37. The number of carbonyl (C=O) groups is 1. The molecule has 1 aromatic heterocycles. The van der Waals surface area contributed by atoms with Crippen molar-refractivity contribution in [2.75, 3.05) is 6.61 Å². The number of nitrogens with zero attached hydrogens (tertiary/aromatic N) is 1. The first kappa shape index (κ1) is 22.3. The Hall–Kier alpha value is -3.47. The van der Waals surface area contributed by atoms with E-state index in [1.54, 1.807) is 12.1 Å². The molecular formula is C28H21Cl2N2O2. The summed E-state index contributed by atoms with van der Waals surface area (Å²) >= 11 is 12.6. The Morgan fingerprint density at radius 1 is 1.03 bits per heavy atom. The molecule has 1 amide bonds. The van der Waals surface area contributed by atoms with E-state index in [9.17, 15) is 4.79 Å². The molecule has 0 spiro atoms. The van der Waals surface area contributed by atoms with Crippen molar-refractivity contribution in [3.63, 3.8) is 0 Å². The fourth-order valence-electron chi connectivity index (χ4n) is 4.35. The summed E-state index contributed by atoms with van der Waals surface area (Å²) in [6.07, 6.45) is 0. The maximum Gasteiger partial charge on any atom is 0.249 e. The SMILES string of the molecule is CCOc1ccc(Cn2c3cc(-c4ccc(Cl)cc4Cl)c[c]c3c3c(C(N)=O)cccc32)cc1. The van der Waals surface area contributed by atoms with Crippen LogP contribution in [0.4, 0.5) is 0 Å². The summed E-state index contributed by atoms with van der Waals surface area (Å²) in [5.74, 6) is 0.362. The van der Waals surface area contributed by atoms with Crippen molar-refractivity contribution in [2.45, 2.75) is 13.5 Å². The number of carbonyl (C=O) groups excluding carboxylic acids is 1. The van der Waals surface area contributed by atoms with Crippen LogP contribution < -0.4 is 10.5 Å². The quantitative estimate of drug-likeness (QED) is 0.277. The van der Waals surface area contributed by atoms with Crippen LogP contribution in [0.25, 0.3) is 32.9 Å². The van der Waals surface area contributed by atoms with Gasteiger partial charge in [-0.15, -0.1) is 0 Å². The molecule has 0 aliphatic rings. The lowest BCUT2D eigenvalue weighted by molar-refractivity contribution is 0.100. The summed E-state index contributed by atoms with van der Waals surface area (Å²) < 4.78 is 7.76. The molecule has 1 heterocycles. The molecular weight excluding hydrogens is 467 g/mol. The number of rotatable bonds is 6. The predicted octanol–water partition coefficient (Wildman–Crippen LogP) is 7.11. The minimum Gasteiger partial charge on any atom is -0.494 e. The minimum absolute atomic E-state index is 0.469. The van der Waals surface area contributed by atoms with E-state index in [1.165, 1.54) is 0 Å². The number of hydrogen-bond donors (Lipinski definition) is 1. The largest absolute Gasteiger partial charge is 0.494 e. The fourth-order valence-corrected chi connectivity index (χ4v) is 4.87. The molecule has 0 saturated carbocycles. The lowest BCUT2D eigenvalue weighted by atomic mass is 10.0. The lowest BCUT2D eigenvalue weighted by Crippen LogP contribution is -2.11. The van der Waals surface area contributed by atoms with Gasteiger partial charge in [0, 0.05) is 38.5 Å². The van der Waals surface area contributed by atoms with Crippen LogP contribution in [0.15, 0.2) is 72.8 Å². The number of hydrogen-bond acceptors (Lipinski definition) is 2. The average molecular weight is 488 g/mol. The van der Waals surface area contributed by atoms with Crippen LogP contribution in [0.3, 0.4) is 0 Å². The van der Waals surface area contributed by atoms with E-state index >= 15 is 0 Å². The topological polar surface area (TPSA) is 57.2 Å². The van der Waals surface area contributed by atoms with Crippen molar-refractivity contribution >= 4 is 50.9 Å². The van der Waals surface area contributed by atoms with Gasteiger partial charge in [0.1, 0.15) is 5.75 Å². The van der Waals surface area contributed by atoms with Crippen LogP contribution in [0.1, 0.15) is 22.8 Å². The lowest BCUT2D eigenvalue weighted by Gasteiger charge is -2.11. The van der Waals surface area contributed by atoms with E-state index in [0.717, 1.165) is 44.2 Å². The molecule has 5 aromatic rings. The van der Waals surface area contributed by atoms with Gasteiger partial charge in [0.25, 0.3) is 0 Å². The van der Waals surface area contributed by atoms with E-state index in [4.69, 9.17) is 33.7 Å². The van der Waals surface area contributed by atoms with Crippen molar-refractivity contribution in [3.8, 4) is 16.9 Å². The Labute approximate surface area is 207 Å². The number of fused-ring (bicyclic) bond motifs is 3. The number of halogens is 2. The highest BCUT2D eigenvalue weighted by atomic mass is 35.5. The number of primary amides is 1.